The molecule has 36 heavy (non-hydrogen) atoms. The van der Waals surface area contributed by atoms with Gasteiger partial charge in [-0.15, -0.1) is 0 Å². The van der Waals surface area contributed by atoms with Gasteiger partial charge in [0.15, 0.2) is 12.4 Å². The number of ether oxygens (including phenoxy) is 1. The summed E-state index contributed by atoms with van der Waals surface area (Å²) in [6, 6.07) is 24.5. The third-order valence-electron chi connectivity index (χ3n) is 5.89. The Morgan fingerprint density at radius 1 is 0.667 bits per heavy atom. The van der Waals surface area contributed by atoms with Crippen LogP contribution in [0.3, 0.4) is 0 Å². The zero-order valence-electron chi connectivity index (χ0n) is 19.9. The number of ketones is 1. The third-order valence-corrected chi connectivity index (χ3v) is 5.89. The zero-order chi connectivity index (χ0) is 25.1. The van der Waals surface area contributed by atoms with Gasteiger partial charge in [0, 0.05) is 29.1 Å². The topological polar surface area (TPSA) is 82.0 Å². The van der Waals surface area contributed by atoms with Crippen molar-refractivity contribution in [3.63, 3.8) is 0 Å². The van der Waals surface area contributed by atoms with Crippen molar-refractivity contribution in [3.8, 4) is 22.5 Å². The molecule has 0 aliphatic heterocycles. The molecule has 0 fully saturated rings. The maximum atomic E-state index is 12.7. The normalized spacial score (nSPS) is 10.8. The van der Waals surface area contributed by atoms with Gasteiger partial charge in [-0.05, 0) is 44.2 Å². The summed E-state index contributed by atoms with van der Waals surface area (Å²) in [4.78, 5) is 38.7. The Bertz CT molecular complexity index is 1560. The van der Waals surface area contributed by atoms with Crippen molar-refractivity contribution in [2.24, 2.45) is 0 Å². The van der Waals surface area contributed by atoms with Crippen molar-refractivity contribution < 1.29 is 14.3 Å². The summed E-state index contributed by atoms with van der Waals surface area (Å²) in [6.45, 7) is 3.73. The van der Waals surface area contributed by atoms with E-state index in [2.05, 4.69) is 4.98 Å². The second-order valence-electron chi connectivity index (χ2n) is 8.59. The van der Waals surface area contributed by atoms with Crippen molar-refractivity contribution in [2.75, 3.05) is 6.61 Å². The number of nitrogens with zero attached hydrogens (tertiary/aromatic N) is 3. The van der Waals surface area contributed by atoms with Gasteiger partial charge in [0.1, 0.15) is 0 Å². The van der Waals surface area contributed by atoms with E-state index in [0.29, 0.717) is 22.2 Å². The molecule has 2 heterocycles. The minimum absolute atomic E-state index is 0.296. The number of aromatic nitrogens is 3. The third kappa shape index (κ3) is 4.88. The molecule has 0 aliphatic rings. The van der Waals surface area contributed by atoms with E-state index in [1.165, 1.54) is 12.4 Å². The molecule has 5 aromatic rings. The van der Waals surface area contributed by atoms with Crippen LogP contribution >= 0.6 is 0 Å². The van der Waals surface area contributed by atoms with Crippen LogP contribution in [0.5, 0.6) is 0 Å². The summed E-state index contributed by atoms with van der Waals surface area (Å²) < 4.78 is 5.27. The van der Waals surface area contributed by atoms with Crippen LogP contribution in [0.1, 0.15) is 31.8 Å². The molecule has 176 valence electrons. The average Bonchev–Trinajstić information content (AvgIpc) is 2.92. The van der Waals surface area contributed by atoms with Crippen LogP contribution in [0.15, 0.2) is 91.3 Å². The van der Waals surface area contributed by atoms with Gasteiger partial charge in [-0.1, -0.05) is 59.7 Å². The second kappa shape index (κ2) is 9.88. The maximum absolute atomic E-state index is 12.7. The summed E-state index contributed by atoms with van der Waals surface area (Å²) in [5.41, 5.74) is 7.67. The monoisotopic (exact) mass is 473 g/mol. The lowest BCUT2D eigenvalue weighted by Crippen LogP contribution is -2.14. The SMILES string of the molecule is Cc1ccc(-c2nc3ccc(C(=O)OCC(=O)c4ccncc4)cc3nc2-c2ccc(C)cc2)cc1. The van der Waals surface area contributed by atoms with Gasteiger partial charge in [0.2, 0.25) is 0 Å². The number of Topliss-reactive ketones (excluding diaryl/α,β-unsaturated/α-hetero) is 1. The number of fused-ring (bicyclic) bond motifs is 1. The second-order valence-corrected chi connectivity index (χ2v) is 8.59. The summed E-state index contributed by atoms with van der Waals surface area (Å²) in [5.74, 6) is -0.892. The van der Waals surface area contributed by atoms with Crippen molar-refractivity contribution in [3.05, 3.63) is 114 Å². The van der Waals surface area contributed by atoms with Crippen LogP contribution in [0, 0.1) is 13.8 Å². The standard InChI is InChI=1S/C30H23N3O3/c1-19-3-7-22(8-4-19)28-29(23-9-5-20(2)6-10-23)33-26-17-24(11-12-25(26)32-28)30(35)36-18-27(34)21-13-15-31-16-14-21/h3-17H,18H2,1-2H3. The molecule has 3 aromatic carbocycles. The van der Waals surface area contributed by atoms with Gasteiger partial charge in [0.05, 0.1) is 28.0 Å². The first kappa shape index (κ1) is 23.1. The van der Waals surface area contributed by atoms with Crippen molar-refractivity contribution in [2.45, 2.75) is 13.8 Å². The molecule has 0 spiro atoms. The van der Waals surface area contributed by atoms with Crippen LogP contribution in [0.4, 0.5) is 0 Å². The predicted octanol–water partition coefficient (Wildman–Crippen LogP) is 6.02. The van der Waals surface area contributed by atoms with Gasteiger partial charge in [-0.25, -0.2) is 14.8 Å². The lowest BCUT2D eigenvalue weighted by atomic mass is 10.0. The highest BCUT2D eigenvalue weighted by atomic mass is 16.5. The Balaban J connectivity index is 1.50. The highest BCUT2D eigenvalue weighted by Crippen LogP contribution is 2.31. The molecule has 2 aromatic heterocycles. The molecule has 0 atom stereocenters. The molecule has 0 bridgehead atoms. The number of carbonyl (C=O) groups excluding carboxylic acids is 2. The van der Waals surface area contributed by atoms with Gasteiger partial charge >= 0.3 is 5.97 Å². The Morgan fingerprint density at radius 3 is 1.81 bits per heavy atom. The van der Waals surface area contributed by atoms with E-state index < -0.39 is 5.97 Å². The summed E-state index contributed by atoms with van der Waals surface area (Å²) in [7, 11) is 0. The van der Waals surface area contributed by atoms with E-state index in [4.69, 9.17) is 14.7 Å². The number of benzene rings is 3. The highest BCUT2D eigenvalue weighted by Gasteiger charge is 2.16. The van der Waals surface area contributed by atoms with Gasteiger partial charge < -0.3 is 4.74 Å². The fourth-order valence-electron chi connectivity index (χ4n) is 3.84. The van der Waals surface area contributed by atoms with Crippen LogP contribution in [-0.2, 0) is 4.74 Å². The first-order chi connectivity index (χ1) is 17.5. The van der Waals surface area contributed by atoms with E-state index in [-0.39, 0.29) is 12.4 Å². The number of rotatable bonds is 6. The van der Waals surface area contributed by atoms with Crippen molar-refractivity contribution >= 4 is 22.8 Å². The minimum atomic E-state index is -0.597. The number of esters is 1. The molecule has 0 amide bonds. The number of hydrogen-bond donors (Lipinski definition) is 0. The molecule has 0 saturated heterocycles. The van der Waals surface area contributed by atoms with Crippen LogP contribution in [0.25, 0.3) is 33.5 Å². The molecule has 6 nitrogen and oxygen atoms in total. The molecule has 0 aliphatic carbocycles. The van der Waals surface area contributed by atoms with E-state index >= 15 is 0 Å². The number of aryl methyl sites for hydroxylation is 2. The Morgan fingerprint density at radius 2 is 1.22 bits per heavy atom. The molecular weight excluding hydrogens is 450 g/mol. The molecule has 0 N–H and O–H groups in total. The summed E-state index contributed by atoms with van der Waals surface area (Å²) in [5, 5.41) is 0. The highest BCUT2D eigenvalue weighted by molar-refractivity contribution is 6.00. The molecule has 0 radical (unpaired) electrons. The first-order valence-corrected chi connectivity index (χ1v) is 11.5. The molecule has 0 unspecified atom stereocenters. The van der Waals surface area contributed by atoms with Crippen molar-refractivity contribution in [1.29, 1.82) is 0 Å². The zero-order valence-corrected chi connectivity index (χ0v) is 19.9. The fraction of sp³-hybridized carbons (Fsp3) is 0.100. The predicted molar refractivity (Wildman–Crippen MR) is 139 cm³/mol. The van der Waals surface area contributed by atoms with Gasteiger partial charge in [-0.3, -0.25) is 9.78 Å². The van der Waals surface area contributed by atoms with Crippen LogP contribution in [-0.4, -0.2) is 33.3 Å². The molecule has 5 rings (SSSR count). The van der Waals surface area contributed by atoms with Crippen molar-refractivity contribution in [1.82, 2.24) is 15.0 Å². The smallest absolute Gasteiger partial charge is 0.338 e. The van der Waals surface area contributed by atoms with E-state index in [0.717, 1.165) is 33.6 Å². The lowest BCUT2D eigenvalue weighted by Gasteiger charge is -2.12. The fourth-order valence-corrected chi connectivity index (χ4v) is 3.84. The van der Waals surface area contributed by atoms with E-state index in [1.807, 2.05) is 62.4 Å². The summed E-state index contributed by atoms with van der Waals surface area (Å²) >= 11 is 0. The largest absolute Gasteiger partial charge is 0.454 e. The van der Waals surface area contributed by atoms with Crippen LogP contribution < -0.4 is 0 Å². The van der Waals surface area contributed by atoms with Crippen LogP contribution in [0.2, 0.25) is 0 Å². The number of hydrogen-bond acceptors (Lipinski definition) is 6. The Kier molecular flexibility index (Phi) is 6.33. The number of pyridine rings is 1. The first-order valence-electron chi connectivity index (χ1n) is 11.5. The molecule has 0 saturated carbocycles. The molecular formula is C30H23N3O3. The average molecular weight is 474 g/mol. The maximum Gasteiger partial charge on any atom is 0.338 e. The molecule has 6 heteroatoms. The van der Waals surface area contributed by atoms with Gasteiger partial charge in [0.25, 0.3) is 0 Å². The summed E-state index contributed by atoms with van der Waals surface area (Å²) in [6.07, 6.45) is 3.04. The minimum Gasteiger partial charge on any atom is -0.454 e. The van der Waals surface area contributed by atoms with E-state index in [1.54, 1.807) is 30.3 Å². The number of carbonyl (C=O) groups is 2. The lowest BCUT2D eigenvalue weighted by molar-refractivity contribution is 0.0475. The quantitative estimate of drug-likeness (QED) is 0.222. The Labute approximate surface area is 208 Å². The van der Waals surface area contributed by atoms with Gasteiger partial charge in [-0.2, -0.15) is 0 Å². The Hall–Kier alpha value is -4.71. The van der Waals surface area contributed by atoms with E-state index in [9.17, 15) is 9.59 Å².